The van der Waals surface area contributed by atoms with E-state index in [1.54, 1.807) is 4.90 Å². The van der Waals surface area contributed by atoms with Crippen molar-refractivity contribution >= 4 is 29.7 Å². The molecule has 18 heteroatoms. The molecule has 0 saturated carbocycles. The molecule has 75 heavy (non-hydrogen) atoms. The normalized spacial score (nSPS) is 19.3. The summed E-state index contributed by atoms with van der Waals surface area (Å²) in [5.41, 5.74) is 9.57. The summed E-state index contributed by atoms with van der Waals surface area (Å²) in [6, 6.07) is 27.8. The first-order chi connectivity index (χ1) is 36.2. The van der Waals surface area contributed by atoms with Gasteiger partial charge in [-0.2, -0.15) is 0 Å². The molecular weight excluding hydrogens is 953 g/mol. The number of aromatic amines is 2. The smallest absolute Gasteiger partial charge is 0.407 e. The lowest BCUT2D eigenvalue weighted by molar-refractivity contribution is -0.169. The lowest BCUT2D eigenvalue weighted by Crippen LogP contribution is -2.51. The lowest BCUT2D eigenvalue weighted by atomic mass is 10.0. The highest BCUT2D eigenvalue weighted by molar-refractivity contribution is 5.87. The number of carbonyl (C=O) groups is 4. The van der Waals surface area contributed by atoms with E-state index in [0.29, 0.717) is 38.0 Å². The van der Waals surface area contributed by atoms with Gasteiger partial charge < -0.3 is 53.9 Å². The van der Waals surface area contributed by atoms with E-state index in [-0.39, 0.29) is 35.7 Å². The van der Waals surface area contributed by atoms with Crippen LogP contribution in [0, 0.1) is 11.8 Å². The van der Waals surface area contributed by atoms with Crippen molar-refractivity contribution in [1.29, 1.82) is 0 Å². The number of alkyl carbamates (subject to hydrolysis) is 1. The Hall–Kier alpha value is -7.44. The molecule has 4 atom stereocenters. The minimum absolute atomic E-state index is 0.129. The van der Waals surface area contributed by atoms with Crippen LogP contribution in [-0.2, 0) is 23.8 Å². The number of likely N-dealkylation sites (tertiary alicyclic amines) is 2. The average molecular weight is 1020 g/mol. The fourth-order valence-corrected chi connectivity index (χ4v) is 11.5. The van der Waals surface area contributed by atoms with Crippen LogP contribution in [-0.4, -0.2) is 140 Å². The van der Waals surface area contributed by atoms with Gasteiger partial charge in [-0.05, 0) is 85.0 Å². The summed E-state index contributed by atoms with van der Waals surface area (Å²) in [6.07, 6.45) is 6.77. The highest BCUT2D eigenvalue weighted by Crippen LogP contribution is 2.39. The Morgan fingerprint density at radius 3 is 1.63 bits per heavy atom. The summed E-state index contributed by atoms with van der Waals surface area (Å²) >= 11 is 0. The highest BCUT2D eigenvalue weighted by atomic mass is 16.7. The third-order valence-corrected chi connectivity index (χ3v) is 15.5. The van der Waals surface area contributed by atoms with Gasteiger partial charge in [0, 0.05) is 81.0 Å². The van der Waals surface area contributed by atoms with Crippen LogP contribution in [0.4, 0.5) is 15.3 Å². The van der Waals surface area contributed by atoms with Crippen LogP contribution in [0.15, 0.2) is 97.3 Å². The second kappa shape index (κ2) is 21.4. The van der Waals surface area contributed by atoms with Crippen molar-refractivity contribution in [3.8, 4) is 50.7 Å². The van der Waals surface area contributed by atoms with E-state index >= 15 is 0 Å². The van der Waals surface area contributed by atoms with E-state index in [2.05, 4.69) is 110 Å². The molecule has 4 aliphatic heterocycles. The molecule has 7 heterocycles. The largest absolute Gasteiger partial charge is 0.465 e. The number of imidazole rings is 2. The van der Waals surface area contributed by atoms with Crippen LogP contribution in [0.25, 0.3) is 50.7 Å². The molecule has 4 amide bonds. The Labute approximate surface area is 437 Å². The van der Waals surface area contributed by atoms with Crippen molar-refractivity contribution in [3.63, 3.8) is 0 Å². The standard InChI is InChI=1S/C57H68N10O8/c1-35(2)49(62-55(70)73-6)53(68)65-27-7-9-47(65)51-58-33-43(60-51)37-11-15-39(16-12-37)45-23-24-46(67(45)42-21-19-41(20-22-42)64-29-25-57(26-30-64)74-31-32-75-57)40-17-13-38(14-18-40)44-34-59-52(61-44)48-10-8-28-66(48)54(69)50(36(3)4)63(5)56(71)72/h11-24,33-36,47-50H,7-10,25-32H2,1-6H3,(H,58,60)(H,59,61)(H,62,70)(H,71,72)/t47-,48-,49-,50-/m0/s1. The summed E-state index contributed by atoms with van der Waals surface area (Å²) in [4.78, 5) is 75.5. The van der Waals surface area contributed by atoms with Crippen molar-refractivity contribution in [2.45, 2.75) is 96.2 Å². The first-order valence-corrected chi connectivity index (χ1v) is 26.3. The molecule has 3 aromatic carbocycles. The maximum Gasteiger partial charge on any atom is 0.407 e. The fraction of sp³-hybridized carbons (Fsp3) is 0.439. The molecule has 10 rings (SSSR count). The SMILES string of the molecule is COC(=O)N[C@H](C(=O)N1CCC[C@H]1c1nc(-c2ccc(-c3ccc(-c4ccc(-c5c[nH]c([C@@H]6CCCN6C(=O)[C@H](C(C)C)N(C)C(=O)O)n5)cc4)n3-c3ccc(N4CCC5(CC4)OCCO5)cc3)cc2)c[nH]1)C(C)C. The average Bonchev–Trinajstić information content (AvgIpc) is 4.29. The number of ether oxygens (including phenoxy) is 3. The zero-order valence-electron chi connectivity index (χ0n) is 43.6. The Morgan fingerprint density at radius 2 is 1.16 bits per heavy atom. The molecule has 0 aliphatic carbocycles. The van der Waals surface area contributed by atoms with Crippen molar-refractivity contribution in [1.82, 2.24) is 44.5 Å². The third-order valence-electron chi connectivity index (χ3n) is 15.5. The van der Waals surface area contributed by atoms with Crippen LogP contribution in [0.5, 0.6) is 0 Å². The lowest BCUT2D eigenvalue weighted by Gasteiger charge is -2.38. The number of amides is 4. The fourth-order valence-electron chi connectivity index (χ4n) is 11.5. The molecule has 3 aromatic heterocycles. The number of hydrogen-bond donors (Lipinski definition) is 4. The van der Waals surface area contributed by atoms with Crippen LogP contribution < -0.4 is 10.2 Å². The topological polar surface area (TPSA) is 203 Å². The maximum absolute atomic E-state index is 13.9. The molecule has 18 nitrogen and oxygen atoms in total. The first-order valence-electron chi connectivity index (χ1n) is 26.3. The van der Waals surface area contributed by atoms with E-state index < -0.39 is 30.1 Å². The van der Waals surface area contributed by atoms with Gasteiger partial charge in [0.1, 0.15) is 23.7 Å². The number of nitrogens with zero attached hydrogens (tertiary/aromatic N) is 7. The van der Waals surface area contributed by atoms with Gasteiger partial charge in [-0.1, -0.05) is 76.2 Å². The van der Waals surface area contributed by atoms with Crippen molar-refractivity contribution in [3.05, 3.63) is 109 Å². The van der Waals surface area contributed by atoms with Gasteiger partial charge in [0.05, 0.1) is 55.2 Å². The molecule has 0 unspecified atom stereocenters. The van der Waals surface area contributed by atoms with Gasteiger partial charge in [0.15, 0.2) is 5.79 Å². The van der Waals surface area contributed by atoms with Crippen LogP contribution in [0.1, 0.15) is 90.0 Å². The number of benzene rings is 3. The Bertz CT molecular complexity index is 2980. The predicted octanol–water partition coefficient (Wildman–Crippen LogP) is 9.28. The van der Waals surface area contributed by atoms with Crippen molar-refractivity contribution < 1.29 is 38.5 Å². The summed E-state index contributed by atoms with van der Waals surface area (Å²) in [6.45, 7) is 11.6. The summed E-state index contributed by atoms with van der Waals surface area (Å²) < 4.78 is 19.1. The van der Waals surface area contributed by atoms with Gasteiger partial charge in [0.2, 0.25) is 11.8 Å². The Morgan fingerprint density at radius 1 is 0.680 bits per heavy atom. The molecule has 0 radical (unpaired) electrons. The molecule has 394 valence electrons. The number of anilines is 1. The summed E-state index contributed by atoms with van der Waals surface area (Å²) in [5.74, 6) is 0.261. The second-order valence-electron chi connectivity index (χ2n) is 20.9. The van der Waals surface area contributed by atoms with E-state index in [1.807, 2.05) is 45.0 Å². The van der Waals surface area contributed by atoms with Crippen molar-refractivity contribution in [2.75, 3.05) is 58.5 Å². The summed E-state index contributed by atoms with van der Waals surface area (Å²) in [5, 5.41) is 12.5. The Balaban J connectivity index is 0.910. The van der Waals surface area contributed by atoms with Gasteiger partial charge in [-0.3, -0.25) is 14.5 Å². The number of nitrogens with one attached hydrogen (secondary N) is 3. The number of methoxy groups -OCH3 is 1. The molecule has 0 bridgehead atoms. The number of H-pyrrole nitrogens is 2. The first kappa shape index (κ1) is 51.1. The van der Waals surface area contributed by atoms with E-state index in [1.165, 1.54) is 14.2 Å². The van der Waals surface area contributed by atoms with Gasteiger partial charge >= 0.3 is 12.2 Å². The monoisotopic (exact) mass is 1020 g/mol. The molecule has 4 N–H and O–H groups in total. The minimum Gasteiger partial charge on any atom is -0.465 e. The van der Waals surface area contributed by atoms with E-state index in [4.69, 9.17) is 24.2 Å². The minimum atomic E-state index is -1.13. The number of rotatable bonds is 14. The van der Waals surface area contributed by atoms with Crippen LogP contribution in [0.2, 0.25) is 0 Å². The zero-order valence-corrected chi connectivity index (χ0v) is 43.6. The summed E-state index contributed by atoms with van der Waals surface area (Å²) in [7, 11) is 2.75. The molecule has 1 spiro atoms. The molecule has 4 aliphatic rings. The maximum atomic E-state index is 13.9. The zero-order chi connectivity index (χ0) is 52.5. The van der Waals surface area contributed by atoms with E-state index in [0.717, 1.165) is 113 Å². The molecule has 6 aromatic rings. The predicted molar refractivity (Wildman–Crippen MR) is 284 cm³/mol. The number of likely N-dealkylation sites (N-methyl/N-ethyl adjacent to an activating group) is 1. The van der Waals surface area contributed by atoms with E-state index in [9.17, 15) is 24.3 Å². The van der Waals surface area contributed by atoms with Crippen molar-refractivity contribution in [2.24, 2.45) is 11.8 Å². The number of aromatic nitrogens is 5. The quantitative estimate of drug-likeness (QED) is 0.0810. The number of hydrogen-bond acceptors (Lipinski definition) is 10. The Kier molecular flexibility index (Phi) is 14.6. The highest BCUT2D eigenvalue weighted by Gasteiger charge is 2.42. The molecule has 4 fully saturated rings. The molecular formula is C57H68N10O8. The van der Waals surface area contributed by atoms with Crippen LogP contribution >= 0.6 is 0 Å². The number of piperidine rings is 1. The third kappa shape index (κ3) is 10.2. The second-order valence-corrected chi connectivity index (χ2v) is 20.9. The van der Waals surface area contributed by atoms with Gasteiger partial charge in [-0.15, -0.1) is 0 Å². The molecule has 4 saturated heterocycles. The van der Waals surface area contributed by atoms with Gasteiger partial charge in [0.25, 0.3) is 0 Å². The van der Waals surface area contributed by atoms with Gasteiger partial charge in [-0.25, -0.2) is 19.6 Å². The number of carboxylic acid groups (broad SMARTS) is 1. The van der Waals surface area contributed by atoms with Crippen LogP contribution in [0.3, 0.4) is 0 Å². The number of carbonyl (C=O) groups excluding carboxylic acids is 3.